The number of hydrogen-bond donors (Lipinski definition) is 3. The normalized spacial score (nSPS) is 16.8. The zero-order valence-corrected chi connectivity index (χ0v) is 11.1. The third kappa shape index (κ3) is 2.28. The number of rotatable bonds is 3. The van der Waals surface area contributed by atoms with E-state index in [0.29, 0.717) is 12.2 Å². The van der Waals surface area contributed by atoms with Crippen molar-refractivity contribution in [3.8, 4) is 0 Å². The number of carboxylic acid groups (broad SMARTS) is 1. The lowest BCUT2D eigenvalue weighted by atomic mass is 9.81. The summed E-state index contributed by atoms with van der Waals surface area (Å²) in [5.74, 6) is -1.05. The van der Waals surface area contributed by atoms with Crippen LogP contribution in [0.5, 0.6) is 0 Å². The van der Waals surface area contributed by atoms with Crippen LogP contribution in [0.1, 0.15) is 37.0 Å². The molecule has 1 heterocycles. The summed E-state index contributed by atoms with van der Waals surface area (Å²) in [4.78, 5) is 23.3. The highest BCUT2D eigenvalue weighted by molar-refractivity contribution is 6.01. The lowest BCUT2D eigenvalue weighted by molar-refractivity contribution is -0.125. The van der Waals surface area contributed by atoms with Gasteiger partial charge in [-0.05, 0) is 31.0 Å². The van der Waals surface area contributed by atoms with Crippen LogP contribution >= 0.6 is 0 Å². The molecule has 0 atom stereocenters. The number of nitrogens with one attached hydrogen (secondary N) is 2. The molecule has 1 aliphatic heterocycles. The Morgan fingerprint density at radius 3 is 2.58 bits per heavy atom. The summed E-state index contributed by atoms with van der Waals surface area (Å²) in [6, 6.07) is 4.72. The van der Waals surface area contributed by atoms with Crippen LogP contribution in [0.4, 0.5) is 11.4 Å². The molecule has 1 aliphatic rings. The van der Waals surface area contributed by atoms with Crippen molar-refractivity contribution >= 4 is 23.3 Å². The van der Waals surface area contributed by atoms with E-state index in [1.807, 2.05) is 13.8 Å². The molecule has 0 unspecified atom stereocenters. The molecule has 1 aromatic carbocycles. The van der Waals surface area contributed by atoms with Gasteiger partial charge >= 0.3 is 5.97 Å². The summed E-state index contributed by atoms with van der Waals surface area (Å²) in [5, 5.41) is 15.1. The largest absolute Gasteiger partial charge is 0.478 e. The zero-order chi connectivity index (χ0) is 14.0. The Kier molecular flexibility index (Phi) is 3.46. The van der Waals surface area contributed by atoms with Gasteiger partial charge in [-0.2, -0.15) is 0 Å². The van der Waals surface area contributed by atoms with Crippen LogP contribution in [-0.4, -0.2) is 23.5 Å². The Morgan fingerprint density at radius 2 is 2.00 bits per heavy atom. The van der Waals surface area contributed by atoms with Crippen molar-refractivity contribution in [3.05, 3.63) is 23.8 Å². The van der Waals surface area contributed by atoms with E-state index in [2.05, 4.69) is 10.6 Å². The summed E-state index contributed by atoms with van der Waals surface area (Å²) in [5.41, 5.74) is 1.03. The molecule has 0 fully saturated rings. The van der Waals surface area contributed by atoms with Crippen LogP contribution in [0.25, 0.3) is 0 Å². The van der Waals surface area contributed by atoms with Crippen LogP contribution in [0, 0.1) is 5.41 Å². The van der Waals surface area contributed by atoms with Crippen LogP contribution in [-0.2, 0) is 4.79 Å². The maximum atomic E-state index is 12.3. The fraction of sp³-hybridized carbons (Fsp3) is 0.429. The van der Waals surface area contributed by atoms with Gasteiger partial charge in [-0.25, -0.2) is 4.79 Å². The average Bonchev–Trinajstić information content (AvgIpc) is 2.54. The Labute approximate surface area is 112 Å². The molecule has 0 saturated carbocycles. The Morgan fingerprint density at radius 1 is 1.32 bits per heavy atom. The van der Waals surface area contributed by atoms with Crippen LogP contribution in [0.15, 0.2) is 18.2 Å². The number of anilines is 2. The number of carbonyl (C=O) groups is 2. The molecular formula is C14H18N2O3. The summed E-state index contributed by atoms with van der Waals surface area (Å²) >= 11 is 0. The Bertz CT molecular complexity index is 521. The number of aromatic carboxylic acids is 1. The van der Waals surface area contributed by atoms with Gasteiger partial charge in [0.2, 0.25) is 5.91 Å². The molecule has 19 heavy (non-hydrogen) atoms. The summed E-state index contributed by atoms with van der Waals surface area (Å²) < 4.78 is 0. The number of hydrogen-bond acceptors (Lipinski definition) is 3. The Hall–Kier alpha value is -2.04. The summed E-state index contributed by atoms with van der Waals surface area (Å²) in [7, 11) is 0. The molecule has 1 aromatic rings. The lowest BCUT2D eigenvalue weighted by Crippen LogP contribution is -2.39. The van der Waals surface area contributed by atoms with Gasteiger partial charge in [-0.1, -0.05) is 13.8 Å². The highest BCUT2D eigenvalue weighted by atomic mass is 16.4. The maximum Gasteiger partial charge on any atom is 0.335 e. The first-order valence-corrected chi connectivity index (χ1v) is 6.45. The van der Waals surface area contributed by atoms with Crippen molar-refractivity contribution in [1.29, 1.82) is 0 Å². The van der Waals surface area contributed by atoms with E-state index in [0.717, 1.165) is 18.5 Å². The van der Waals surface area contributed by atoms with E-state index >= 15 is 0 Å². The van der Waals surface area contributed by atoms with Crippen molar-refractivity contribution in [2.75, 3.05) is 17.2 Å². The van der Waals surface area contributed by atoms with E-state index in [1.54, 1.807) is 6.07 Å². The van der Waals surface area contributed by atoms with Gasteiger partial charge in [0.1, 0.15) is 0 Å². The number of carboxylic acids is 1. The first-order valence-electron chi connectivity index (χ1n) is 6.45. The van der Waals surface area contributed by atoms with Gasteiger partial charge in [0.05, 0.1) is 22.4 Å². The smallest absolute Gasteiger partial charge is 0.335 e. The highest BCUT2D eigenvalue weighted by Gasteiger charge is 2.37. The van der Waals surface area contributed by atoms with Crippen LogP contribution < -0.4 is 10.6 Å². The summed E-state index contributed by atoms with van der Waals surface area (Å²) in [6.07, 6.45) is 1.48. The van der Waals surface area contributed by atoms with Crippen molar-refractivity contribution in [2.45, 2.75) is 26.7 Å². The Balaban J connectivity index is 2.39. The highest BCUT2D eigenvalue weighted by Crippen LogP contribution is 2.35. The monoisotopic (exact) mass is 262 g/mol. The molecule has 0 bridgehead atoms. The van der Waals surface area contributed by atoms with Gasteiger partial charge in [0.25, 0.3) is 0 Å². The van der Waals surface area contributed by atoms with E-state index in [4.69, 9.17) is 5.11 Å². The molecule has 5 nitrogen and oxygen atoms in total. The van der Waals surface area contributed by atoms with E-state index in [-0.39, 0.29) is 11.5 Å². The molecule has 2 rings (SSSR count). The molecule has 0 aromatic heterocycles. The molecule has 102 valence electrons. The van der Waals surface area contributed by atoms with Gasteiger partial charge in [0, 0.05) is 6.54 Å². The minimum Gasteiger partial charge on any atom is -0.478 e. The maximum absolute atomic E-state index is 12.3. The fourth-order valence-corrected chi connectivity index (χ4v) is 2.36. The van der Waals surface area contributed by atoms with Gasteiger partial charge in [0.15, 0.2) is 0 Å². The number of benzene rings is 1. The number of fused-ring (bicyclic) bond motifs is 1. The summed E-state index contributed by atoms with van der Waals surface area (Å²) in [6.45, 7) is 4.54. The first kappa shape index (κ1) is 13.4. The van der Waals surface area contributed by atoms with Crippen molar-refractivity contribution in [2.24, 2.45) is 5.41 Å². The third-order valence-corrected chi connectivity index (χ3v) is 3.97. The van der Waals surface area contributed by atoms with Gasteiger partial charge in [-0.15, -0.1) is 0 Å². The molecule has 0 saturated heterocycles. The van der Waals surface area contributed by atoms with E-state index in [1.165, 1.54) is 12.1 Å². The van der Waals surface area contributed by atoms with E-state index in [9.17, 15) is 9.59 Å². The van der Waals surface area contributed by atoms with Crippen LogP contribution in [0.3, 0.4) is 0 Å². The van der Waals surface area contributed by atoms with Crippen LogP contribution in [0.2, 0.25) is 0 Å². The topological polar surface area (TPSA) is 78.4 Å². The molecule has 0 spiro atoms. The second-order valence-corrected chi connectivity index (χ2v) is 4.86. The molecular weight excluding hydrogens is 244 g/mol. The predicted octanol–water partition coefficient (Wildman–Crippen LogP) is 2.56. The second-order valence-electron chi connectivity index (χ2n) is 4.86. The molecule has 5 heteroatoms. The van der Waals surface area contributed by atoms with Gasteiger partial charge in [-0.3, -0.25) is 4.79 Å². The zero-order valence-electron chi connectivity index (χ0n) is 11.1. The second kappa shape index (κ2) is 4.91. The number of amides is 1. The molecule has 3 N–H and O–H groups in total. The molecule has 0 radical (unpaired) electrons. The quantitative estimate of drug-likeness (QED) is 0.782. The van der Waals surface area contributed by atoms with Crippen molar-refractivity contribution in [3.63, 3.8) is 0 Å². The first-order chi connectivity index (χ1) is 9.02. The third-order valence-electron chi connectivity index (χ3n) is 3.97. The standard InChI is InChI=1S/C14H18N2O3/c1-3-14(4-2)8-15-10-6-5-9(12(17)18)7-11(10)16-13(14)19/h5-7,15H,3-4,8H2,1-2H3,(H,16,19)(H,17,18). The van der Waals surface area contributed by atoms with Crippen molar-refractivity contribution in [1.82, 2.24) is 0 Å². The minimum absolute atomic E-state index is 0.0497. The fourth-order valence-electron chi connectivity index (χ4n) is 2.36. The predicted molar refractivity (Wildman–Crippen MR) is 73.5 cm³/mol. The van der Waals surface area contributed by atoms with Crippen molar-refractivity contribution < 1.29 is 14.7 Å². The minimum atomic E-state index is -1.00. The SMILES string of the molecule is CCC1(CC)CNc2ccc(C(=O)O)cc2NC1=O. The number of carbonyl (C=O) groups excluding carboxylic acids is 1. The van der Waals surface area contributed by atoms with Gasteiger partial charge < -0.3 is 15.7 Å². The lowest BCUT2D eigenvalue weighted by Gasteiger charge is -2.27. The molecule has 0 aliphatic carbocycles. The van der Waals surface area contributed by atoms with E-state index < -0.39 is 11.4 Å². The average molecular weight is 262 g/mol. The molecule has 1 amide bonds.